The SMILES string of the molecule is CCNc1c(-c2ccccc2)oc(C(=O)OC)c1C(=O)OC. The first kappa shape index (κ1) is 15.6. The normalized spacial score (nSPS) is 10.1. The van der Waals surface area contributed by atoms with Gasteiger partial charge in [-0.05, 0) is 6.92 Å². The van der Waals surface area contributed by atoms with Gasteiger partial charge in [0.2, 0.25) is 5.76 Å². The lowest BCUT2D eigenvalue weighted by Crippen LogP contribution is -2.12. The summed E-state index contributed by atoms with van der Waals surface area (Å²) in [4.78, 5) is 24.0. The Balaban J connectivity index is 2.70. The van der Waals surface area contributed by atoms with E-state index in [2.05, 4.69) is 10.1 Å². The van der Waals surface area contributed by atoms with Gasteiger partial charge in [0.25, 0.3) is 0 Å². The van der Waals surface area contributed by atoms with Crippen molar-refractivity contribution in [3.63, 3.8) is 0 Å². The maximum atomic E-state index is 12.1. The second-order valence-corrected chi connectivity index (χ2v) is 4.39. The Hall–Kier alpha value is -2.76. The van der Waals surface area contributed by atoms with Gasteiger partial charge in [-0.2, -0.15) is 0 Å². The zero-order chi connectivity index (χ0) is 16.1. The number of hydrogen-bond donors (Lipinski definition) is 1. The minimum atomic E-state index is -0.735. The molecule has 0 unspecified atom stereocenters. The molecule has 0 atom stereocenters. The molecule has 0 aliphatic carbocycles. The number of nitrogens with one attached hydrogen (secondary N) is 1. The van der Waals surface area contributed by atoms with E-state index < -0.39 is 11.9 Å². The highest BCUT2D eigenvalue weighted by atomic mass is 16.5. The molecule has 0 saturated heterocycles. The van der Waals surface area contributed by atoms with Gasteiger partial charge in [0, 0.05) is 12.1 Å². The zero-order valence-corrected chi connectivity index (χ0v) is 12.6. The Morgan fingerprint density at radius 2 is 1.73 bits per heavy atom. The molecule has 0 aliphatic rings. The molecule has 116 valence electrons. The molecule has 0 saturated carbocycles. The average molecular weight is 303 g/mol. The quantitative estimate of drug-likeness (QED) is 0.856. The van der Waals surface area contributed by atoms with E-state index in [4.69, 9.17) is 9.15 Å². The number of anilines is 1. The fourth-order valence-corrected chi connectivity index (χ4v) is 2.10. The van der Waals surface area contributed by atoms with Crippen LogP contribution in [0, 0.1) is 0 Å². The van der Waals surface area contributed by atoms with E-state index in [9.17, 15) is 9.59 Å². The van der Waals surface area contributed by atoms with Crippen molar-refractivity contribution in [1.29, 1.82) is 0 Å². The molecule has 2 rings (SSSR count). The number of furan rings is 1. The van der Waals surface area contributed by atoms with E-state index in [1.807, 2.05) is 37.3 Å². The Kier molecular flexibility index (Phi) is 4.83. The number of rotatable bonds is 5. The standard InChI is InChI=1S/C16H17NO5/c1-4-17-12-11(15(18)20-2)14(16(19)21-3)22-13(12)10-8-6-5-7-9-10/h5-9,17H,4H2,1-3H3. The van der Waals surface area contributed by atoms with Crippen molar-refractivity contribution in [2.45, 2.75) is 6.92 Å². The summed E-state index contributed by atoms with van der Waals surface area (Å²) in [6.45, 7) is 2.42. The van der Waals surface area contributed by atoms with E-state index in [-0.39, 0.29) is 11.3 Å². The number of esters is 2. The van der Waals surface area contributed by atoms with Crippen LogP contribution in [0.1, 0.15) is 27.8 Å². The lowest BCUT2D eigenvalue weighted by atomic mass is 10.1. The van der Waals surface area contributed by atoms with Gasteiger partial charge in [-0.3, -0.25) is 0 Å². The molecule has 1 N–H and O–H groups in total. The molecular weight excluding hydrogens is 286 g/mol. The Labute approximate surface area is 128 Å². The summed E-state index contributed by atoms with van der Waals surface area (Å²) in [5.74, 6) is -1.18. The van der Waals surface area contributed by atoms with Crippen molar-refractivity contribution < 1.29 is 23.5 Å². The van der Waals surface area contributed by atoms with Gasteiger partial charge in [0.15, 0.2) is 5.76 Å². The van der Waals surface area contributed by atoms with Crippen LogP contribution in [-0.2, 0) is 9.47 Å². The minimum Gasteiger partial charge on any atom is -0.465 e. The van der Waals surface area contributed by atoms with Gasteiger partial charge >= 0.3 is 11.9 Å². The van der Waals surface area contributed by atoms with Gasteiger partial charge in [0.05, 0.1) is 19.9 Å². The number of hydrogen-bond acceptors (Lipinski definition) is 6. The van der Waals surface area contributed by atoms with Gasteiger partial charge < -0.3 is 19.2 Å². The monoisotopic (exact) mass is 303 g/mol. The highest BCUT2D eigenvalue weighted by molar-refractivity contribution is 6.08. The van der Waals surface area contributed by atoms with Crippen LogP contribution in [-0.4, -0.2) is 32.7 Å². The Bertz CT molecular complexity index is 675. The van der Waals surface area contributed by atoms with E-state index in [0.717, 1.165) is 5.56 Å². The number of ether oxygens (including phenoxy) is 2. The fourth-order valence-electron chi connectivity index (χ4n) is 2.10. The van der Waals surface area contributed by atoms with Crippen LogP contribution >= 0.6 is 0 Å². The van der Waals surface area contributed by atoms with Gasteiger partial charge in [0.1, 0.15) is 5.56 Å². The predicted molar refractivity (Wildman–Crippen MR) is 81.0 cm³/mol. The topological polar surface area (TPSA) is 77.8 Å². The minimum absolute atomic E-state index is 0.0371. The molecule has 0 bridgehead atoms. The van der Waals surface area contributed by atoms with Crippen molar-refractivity contribution in [2.75, 3.05) is 26.1 Å². The van der Waals surface area contributed by atoms with Crippen molar-refractivity contribution >= 4 is 17.6 Å². The van der Waals surface area contributed by atoms with Crippen molar-refractivity contribution in [3.8, 4) is 11.3 Å². The fraction of sp³-hybridized carbons (Fsp3) is 0.250. The molecule has 6 nitrogen and oxygen atoms in total. The third-order valence-electron chi connectivity index (χ3n) is 3.06. The second kappa shape index (κ2) is 6.80. The number of benzene rings is 1. The maximum absolute atomic E-state index is 12.1. The van der Waals surface area contributed by atoms with Crippen LogP contribution in [0.5, 0.6) is 0 Å². The third-order valence-corrected chi connectivity index (χ3v) is 3.06. The molecule has 1 aromatic carbocycles. The molecule has 0 amide bonds. The van der Waals surface area contributed by atoms with Crippen molar-refractivity contribution in [1.82, 2.24) is 0 Å². The highest BCUT2D eigenvalue weighted by Gasteiger charge is 2.31. The summed E-state index contributed by atoms with van der Waals surface area (Å²) in [6.07, 6.45) is 0. The van der Waals surface area contributed by atoms with Crippen molar-refractivity contribution in [3.05, 3.63) is 41.7 Å². The Morgan fingerprint density at radius 1 is 1.09 bits per heavy atom. The molecule has 0 fully saturated rings. The lowest BCUT2D eigenvalue weighted by Gasteiger charge is -2.06. The first-order valence-electron chi connectivity index (χ1n) is 6.76. The lowest BCUT2D eigenvalue weighted by molar-refractivity contribution is 0.0529. The summed E-state index contributed by atoms with van der Waals surface area (Å²) in [5.41, 5.74) is 1.19. The molecule has 1 heterocycles. The summed E-state index contributed by atoms with van der Waals surface area (Å²) >= 11 is 0. The maximum Gasteiger partial charge on any atom is 0.374 e. The Morgan fingerprint density at radius 3 is 2.27 bits per heavy atom. The molecule has 2 aromatic rings. The number of carbonyl (C=O) groups excluding carboxylic acids is 2. The van der Waals surface area contributed by atoms with Crippen LogP contribution in [0.2, 0.25) is 0 Å². The number of methoxy groups -OCH3 is 2. The molecule has 1 aromatic heterocycles. The van der Waals surface area contributed by atoms with Gasteiger partial charge in [-0.25, -0.2) is 9.59 Å². The van der Waals surface area contributed by atoms with E-state index in [1.54, 1.807) is 0 Å². The van der Waals surface area contributed by atoms with Crippen LogP contribution in [0.4, 0.5) is 5.69 Å². The molecular formula is C16H17NO5. The number of carbonyl (C=O) groups is 2. The van der Waals surface area contributed by atoms with E-state index in [1.165, 1.54) is 14.2 Å². The zero-order valence-electron chi connectivity index (χ0n) is 12.6. The predicted octanol–water partition coefficient (Wildman–Crippen LogP) is 2.95. The smallest absolute Gasteiger partial charge is 0.374 e. The summed E-state index contributed by atoms with van der Waals surface area (Å²) in [6, 6.07) is 9.18. The van der Waals surface area contributed by atoms with Crippen LogP contribution < -0.4 is 5.32 Å². The van der Waals surface area contributed by atoms with Crippen LogP contribution in [0.25, 0.3) is 11.3 Å². The first-order valence-corrected chi connectivity index (χ1v) is 6.76. The van der Waals surface area contributed by atoms with Crippen LogP contribution in [0.15, 0.2) is 34.7 Å². The van der Waals surface area contributed by atoms with E-state index >= 15 is 0 Å². The largest absolute Gasteiger partial charge is 0.465 e. The third kappa shape index (κ3) is 2.81. The van der Waals surface area contributed by atoms with Crippen LogP contribution in [0.3, 0.4) is 0 Å². The second-order valence-electron chi connectivity index (χ2n) is 4.39. The van der Waals surface area contributed by atoms with E-state index in [0.29, 0.717) is 18.0 Å². The van der Waals surface area contributed by atoms with Gasteiger partial charge in [-0.1, -0.05) is 30.3 Å². The summed E-state index contributed by atoms with van der Waals surface area (Å²) in [5, 5.41) is 3.06. The molecule has 0 aliphatic heterocycles. The molecule has 0 radical (unpaired) electrons. The molecule has 0 spiro atoms. The summed E-state index contributed by atoms with van der Waals surface area (Å²) < 4.78 is 15.1. The van der Waals surface area contributed by atoms with Crippen molar-refractivity contribution in [2.24, 2.45) is 0 Å². The van der Waals surface area contributed by atoms with Gasteiger partial charge in [-0.15, -0.1) is 0 Å². The molecule has 6 heteroatoms. The highest BCUT2D eigenvalue weighted by Crippen LogP contribution is 2.37. The first-order chi connectivity index (χ1) is 10.6. The molecule has 22 heavy (non-hydrogen) atoms. The summed E-state index contributed by atoms with van der Waals surface area (Å²) in [7, 11) is 2.47. The average Bonchev–Trinajstić information content (AvgIpc) is 2.94.